The summed E-state index contributed by atoms with van der Waals surface area (Å²) in [5.74, 6) is -0.762. The standard InChI is InChI=1S/C6H11F3N2O/c1-4(5(10)12)11(2)3-6(7,8)9/h4H,3H2,1-2H3,(H2,10,12). The molecule has 0 spiro atoms. The second-order valence-electron chi connectivity index (χ2n) is 2.61. The van der Waals surface area contributed by atoms with Crippen molar-refractivity contribution >= 4 is 5.91 Å². The number of halogens is 3. The zero-order valence-corrected chi connectivity index (χ0v) is 6.85. The van der Waals surface area contributed by atoms with Crippen molar-refractivity contribution in [3.8, 4) is 0 Å². The van der Waals surface area contributed by atoms with Crippen molar-refractivity contribution in [2.24, 2.45) is 5.73 Å². The molecule has 0 bridgehead atoms. The van der Waals surface area contributed by atoms with Crippen molar-refractivity contribution in [2.75, 3.05) is 13.6 Å². The Kier molecular flexibility index (Phi) is 3.51. The minimum absolute atomic E-state index is 0.762. The average molecular weight is 184 g/mol. The van der Waals surface area contributed by atoms with Gasteiger partial charge in [0, 0.05) is 0 Å². The van der Waals surface area contributed by atoms with Gasteiger partial charge in [0.25, 0.3) is 0 Å². The molecule has 1 unspecified atom stereocenters. The summed E-state index contributed by atoms with van der Waals surface area (Å²) in [6, 6.07) is -0.897. The molecule has 3 nitrogen and oxygen atoms in total. The summed E-state index contributed by atoms with van der Waals surface area (Å²) < 4.78 is 35.2. The lowest BCUT2D eigenvalue weighted by molar-refractivity contribution is -0.150. The van der Waals surface area contributed by atoms with Crippen LogP contribution in [0.5, 0.6) is 0 Å². The summed E-state index contributed by atoms with van der Waals surface area (Å²) in [5.41, 5.74) is 4.81. The van der Waals surface area contributed by atoms with Crippen LogP contribution in [0.4, 0.5) is 13.2 Å². The topological polar surface area (TPSA) is 46.3 Å². The first-order valence-electron chi connectivity index (χ1n) is 3.30. The first-order valence-corrected chi connectivity index (χ1v) is 3.30. The molecule has 2 N–H and O–H groups in total. The van der Waals surface area contributed by atoms with Gasteiger partial charge in [-0.25, -0.2) is 0 Å². The van der Waals surface area contributed by atoms with Crippen LogP contribution in [0.15, 0.2) is 0 Å². The van der Waals surface area contributed by atoms with Crippen molar-refractivity contribution in [3.63, 3.8) is 0 Å². The third-order valence-corrected chi connectivity index (χ3v) is 1.50. The SMILES string of the molecule is CC(C(N)=O)N(C)CC(F)(F)F. The van der Waals surface area contributed by atoms with E-state index in [1.54, 1.807) is 0 Å². The Balaban J connectivity index is 4.04. The minimum atomic E-state index is -4.29. The van der Waals surface area contributed by atoms with Crippen LogP contribution in [-0.4, -0.2) is 36.6 Å². The number of alkyl halides is 3. The Morgan fingerprint density at radius 3 is 2.25 bits per heavy atom. The van der Waals surface area contributed by atoms with Crippen LogP contribution in [0.2, 0.25) is 0 Å². The molecular weight excluding hydrogens is 173 g/mol. The molecule has 1 amide bonds. The van der Waals surface area contributed by atoms with Crippen LogP contribution in [0.3, 0.4) is 0 Å². The van der Waals surface area contributed by atoms with Crippen molar-refractivity contribution < 1.29 is 18.0 Å². The maximum absolute atomic E-state index is 11.7. The highest BCUT2D eigenvalue weighted by atomic mass is 19.4. The van der Waals surface area contributed by atoms with Gasteiger partial charge in [0.2, 0.25) is 5.91 Å². The summed E-state index contributed by atoms with van der Waals surface area (Å²) in [6.07, 6.45) is -4.29. The predicted octanol–water partition coefficient (Wildman–Crippen LogP) is 0.354. The van der Waals surface area contributed by atoms with Crippen molar-refractivity contribution in [3.05, 3.63) is 0 Å². The molecule has 0 saturated carbocycles. The summed E-state index contributed by atoms with van der Waals surface area (Å²) >= 11 is 0. The number of rotatable bonds is 3. The molecular formula is C6H11F3N2O. The van der Waals surface area contributed by atoms with Crippen LogP contribution in [0, 0.1) is 0 Å². The number of likely N-dealkylation sites (N-methyl/N-ethyl adjacent to an activating group) is 1. The third kappa shape index (κ3) is 4.17. The maximum atomic E-state index is 11.7. The molecule has 0 aliphatic heterocycles. The van der Waals surface area contributed by atoms with Gasteiger partial charge in [-0.05, 0) is 14.0 Å². The highest BCUT2D eigenvalue weighted by molar-refractivity contribution is 5.79. The predicted molar refractivity (Wildman–Crippen MR) is 37.3 cm³/mol. The number of nitrogens with zero attached hydrogens (tertiary/aromatic N) is 1. The second kappa shape index (κ2) is 3.75. The van der Waals surface area contributed by atoms with Crippen LogP contribution < -0.4 is 5.73 Å². The zero-order valence-electron chi connectivity index (χ0n) is 6.85. The van der Waals surface area contributed by atoms with E-state index in [9.17, 15) is 18.0 Å². The quantitative estimate of drug-likeness (QED) is 0.688. The molecule has 1 atom stereocenters. The fraction of sp³-hybridized carbons (Fsp3) is 0.833. The van der Waals surface area contributed by atoms with E-state index in [4.69, 9.17) is 5.73 Å². The largest absolute Gasteiger partial charge is 0.401 e. The van der Waals surface area contributed by atoms with E-state index in [2.05, 4.69) is 0 Å². The van der Waals surface area contributed by atoms with Crippen LogP contribution in [-0.2, 0) is 4.79 Å². The number of nitrogens with two attached hydrogens (primary N) is 1. The Labute approximate surface area is 68.3 Å². The van der Waals surface area contributed by atoms with Crippen LogP contribution in [0.1, 0.15) is 6.92 Å². The van der Waals surface area contributed by atoms with E-state index < -0.39 is 24.7 Å². The molecule has 0 rings (SSSR count). The fourth-order valence-corrected chi connectivity index (χ4v) is 0.637. The highest BCUT2D eigenvalue weighted by Gasteiger charge is 2.31. The molecule has 0 aromatic rings. The van der Waals surface area contributed by atoms with E-state index in [-0.39, 0.29) is 0 Å². The van der Waals surface area contributed by atoms with Gasteiger partial charge in [0.1, 0.15) is 0 Å². The Bertz CT molecular complexity index is 169. The molecule has 12 heavy (non-hydrogen) atoms. The number of hydrogen-bond acceptors (Lipinski definition) is 2. The number of carbonyl (C=O) groups excluding carboxylic acids is 1. The normalized spacial score (nSPS) is 14.8. The van der Waals surface area contributed by atoms with Gasteiger partial charge in [-0.3, -0.25) is 9.69 Å². The van der Waals surface area contributed by atoms with Crippen molar-refractivity contribution in [2.45, 2.75) is 19.1 Å². The van der Waals surface area contributed by atoms with Gasteiger partial charge < -0.3 is 5.73 Å². The van der Waals surface area contributed by atoms with E-state index in [1.807, 2.05) is 0 Å². The molecule has 0 fully saturated rings. The summed E-state index contributed by atoms with van der Waals surface area (Å²) in [5, 5.41) is 0. The lowest BCUT2D eigenvalue weighted by Gasteiger charge is -2.22. The Hall–Kier alpha value is -0.780. The van der Waals surface area contributed by atoms with E-state index in [0.717, 1.165) is 4.90 Å². The van der Waals surface area contributed by atoms with Gasteiger partial charge in [-0.15, -0.1) is 0 Å². The average Bonchev–Trinajstić information content (AvgIpc) is 1.82. The number of hydrogen-bond donors (Lipinski definition) is 1. The van der Waals surface area contributed by atoms with E-state index in [1.165, 1.54) is 14.0 Å². The molecule has 0 heterocycles. The Morgan fingerprint density at radius 1 is 1.58 bits per heavy atom. The minimum Gasteiger partial charge on any atom is -0.368 e. The van der Waals surface area contributed by atoms with Crippen molar-refractivity contribution in [1.82, 2.24) is 4.90 Å². The van der Waals surface area contributed by atoms with Gasteiger partial charge in [0.05, 0.1) is 12.6 Å². The van der Waals surface area contributed by atoms with Gasteiger partial charge >= 0.3 is 6.18 Å². The zero-order chi connectivity index (χ0) is 9.94. The molecule has 0 aromatic heterocycles. The summed E-state index contributed by atoms with van der Waals surface area (Å²) in [7, 11) is 1.20. The van der Waals surface area contributed by atoms with Gasteiger partial charge in [0.15, 0.2) is 0 Å². The first-order chi connectivity index (χ1) is 5.24. The van der Waals surface area contributed by atoms with Gasteiger partial charge in [-0.2, -0.15) is 13.2 Å². The van der Waals surface area contributed by atoms with E-state index >= 15 is 0 Å². The second-order valence-corrected chi connectivity index (χ2v) is 2.61. The maximum Gasteiger partial charge on any atom is 0.401 e. The lowest BCUT2D eigenvalue weighted by atomic mass is 10.3. The third-order valence-electron chi connectivity index (χ3n) is 1.50. The fourth-order valence-electron chi connectivity index (χ4n) is 0.637. The molecule has 0 radical (unpaired) electrons. The molecule has 72 valence electrons. The molecule has 0 aliphatic rings. The van der Waals surface area contributed by atoms with Crippen LogP contribution in [0.25, 0.3) is 0 Å². The summed E-state index contributed by atoms with van der Waals surface area (Å²) in [6.45, 7) is 0.200. The van der Waals surface area contributed by atoms with E-state index in [0.29, 0.717) is 0 Å². The molecule has 0 saturated heterocycles. The van der Waals surface area contributed by atoms with Gasteiger partial charge in [-0.1, -0.05) is 0 Å². The monoisotopic (exact) mass is 184 g/mol. The highest BCUT2D eigenvalue weighted by Crippen LogP contribution is 2.16. The molecule has 0 aromatic carbocycles. The molecule has 0 aliphatic carbocycles. The number of carbonyl (C=O) groups is 1. The summed E-state index contributed by atoms with van der Waals surface area (Å²) in [4.78, 5) is 11.3. The van der Waals surface area contributed by atoms with Crippen LogP contribution >= 0.6 is 0 Å². The molecule has 6 heteroatoms. The van der Waals surface area contributed by atoms with Crippen molar-refractivity contribution in [1.29, 1.82) is 0 Å². The smallest absolute Gasteiger partial charge is 0.368 e. The number of primary amides is 1. The number of amides is 1. The lowest BCUT2D eigenvalue weighted by Crippen LogP contribution is -2.44. The first kappa shape index (κ1) is 11.2. The Morgan fingerprint density at radius 2 is 2.00 bits per heavy atom.